The molecule has 0 radical (unpaired) electrons. The fourth-order valence-electron chi connectivity index (χ4n) is 1.69. The summed E-state index contributed by atoms with van der Waals surface area (Å²) in [6, 6.07) is -0.108. The zero-order valence-electron chi connectivity index (χ0n) is 12.6. The van der Waals surface area contributed by atoms with Gasteiger partial charge in [-0.3, -0.25) is 4.79 Å². The zero-order chi connectivity index (χ0) is 14.5. The standard InChI is InChI=1S/C15H29NO3/c1-5-9-10-13(16-14(17)8-4)15(18-11-6-2)19-12-7-3/h8,13,15H,4-7,9-12H2,1-3H3,(H,16,17). The molecule has 0 spiro atoms. The van der Waals surface area contributed by atoms with E-state index in [1.807, 2.05) is 0 Å². The number of amides is 1. The van der Waals surface area contributed by atoms with Crippen LogP contribution in [-0.2, 0) is 14.3 Å². The fraction of sp³-hybridized carbons (Fsp3) is 0.800. The Hall–Kier alpha value is -0.870. The van der Waals surface area contributed by atoms with Gasteiger partial charge in [0.2, 0.25) is 5.91 Å². The summed E-state index contributed by atoms with van der Waals surface area (Å²) >= 11 is 0. The predicted octanol–water partition coefficient (Wildman–Crippen LogP) is 3.03. The average Bonchev–Trinajstić information content (AvgIpc) is 2.43. The third kappa shape index (κ3) is 8.78. The van der Waals surface area contributed by atoms with E-state index in [9.17, 15) is 4.79 Å². The fourth-order valence-corrected chi connectivity index (χ4v) is 1.69. The second-order valence-electron chi connectivity index (χ2n) is 4.57. The van der Waals surface area contributed by atoms with Crippen LogP contribution < -0.4 is 5.32 Å². The van der Waals surface area contributed by atoms with Gasteiger partial charge in [-0.2, -0.15) is 0 Å². The molecule has 0 aliphatic heterocycles. The van der Waals surface area contributed by atoms with Crippen LogP contribution in [0, 0.1) is 0 Å². The lowest BCUT2D eigenvalue weighted by atomic mass is 10.1. The lowest BCUT2D eigenvalue weighted by Gasteiger charge is -2.27. The van der Waals surface area contributed by atoms with Gasteiger partial charge in [0, 0.05) is 13.2 Å². The monoisotopic (exact) mass is 271 g/mol. The Labute approximate surface area is 117 Å². The summed E-state index contributed by atoms with van der Waals surface area (Å²) in [5.74, 6) is -0.175. The highest BCUT2D eigenvalue weighted by molar-refractivity contribution is 5.87. The van der Waals surface area contributed by atoms with Crippen molar-refractivity contribution < 1.29 is 14.3 Å². The minimum atomic E-state index is -0.365. The summed E-state index contributed by atoms with van der Waals surface area (Å²) in [5, 5.41) is 2.91. The number of carbonyl (C=O) groups is 1. The second kappa shape index (κ2) is 12.2. The lowest BCUT2D eigenvalue weighted by Crippen LogP contribution is -2.45. The first kappa shape index (κ1) is 18.1. The zero-order valence-corrected chi connectivity index (χ0v) is 12.6. The molecule has 1 atom stereocenters. The first-order valence-corrected chi connectivity index (χ1v) is 7.35. The van der Waals surface area contributed by atoms with Gasteiger partial charge in [0.1, 0.15) is 0 Å². The van der Waals surface area contributed by atoms with Crippen molar-refractivity contribution in [2.24, 2.45) is 0 Å². The average molecular weight is 271 g/mol. The van der Waals surface area contributed by atoms with Gasteiger partial charge in [-0.15, -0.1) is 0 Å². The van der Waals surface area contributed by atoms with E-state index in [1.165, 1.54) is 6.08 Å². The summed E-state index contributed by atoms with van der Waals surface area (Å²) in [6.07, 6.45) is 5.75. The van der Waals surface area contributed by atoms with Crippen molar-refractivity contribution in [3.8, 4) is 0 Å². The van der Waals surface area contributed by atoms with Crippen molar-refractivity contribution in [2.45, 2.75) is 65.2 Å². The summed E-state index contributed by atoms with van der Waals surface area (Å²) in [7, 11) is 0. The molecule has 0 aromatic carbocycles. The maximum absolute atomic E-state index is 11.5. The topological polar surface area (TPSA) is 47.6 Å². The van der Waals surface area contributed by atoms with E-state index in [0.29, 0.717) is 13.2 Å². The smallest absolute Gasteiger partial charge is 0.243 e. The van der Waals surface area contributed by atoms with Crippen molar-refractivity contribution in [2.75, 3.05) is 13.2 Å². The number of hydrogen-bond donors (Lipinski definition) is 1. The molecule has 112 valence electrons. The third-order valence-electron chi connectivity index (χ3n) is 2.68. The van der Waals surface area contributed by atoms with Crippen LogP contribution in [0.4, 0.5) is 0 Å². The summed E-state index contributed by atoms with van der Waals surface area (Å²) in [6.45, 7) is 11.0. The molecule has 0 aliphatic carbocycles. The van der Waals surface area contributed by atoms with Crippen LogP contribution >= 0.6 is 0 Å². The molecule has 0 aromatic rings. The summed E-state index contributed by atoms with van der Waals surface area (Å²) in [4.78, 5) is 11.5. The molecule has 1 amide bonds. The second-order valence-corrected chi connectivity index (χ2v) is 4.57. The van der Waals surface area contributed by atoms with E-state index >= 15 is 0 Å². The molecule has 19 heavy (non-hydrogen) atoms. The first-order chi connectivity index (χ1) is 9.19. The van der Waals surface area contributed by atoms with E-state index < -0.39 is 0 Å². The number of rotatable bonds is 12. The van der Waals surface area contributed by atoms with Crippen LogP contribution in [0.1, 0.15) is 52.9 Å². The van der Waals surface area contributed by atoms with Crippen molar-refractivity contribution in [1.82, 2.24) is 5.32 Å². The Morgan fingerprint density at radius 1 is 1.16 bits per heavy atom. The number of unbranched alkanes of at least 4 members (excludes halogenated alkanes) is 1. The van der Waals surface area contributed by atoms with Crippen LogP contribution in [-0.4, -0.2) is 31.5 Å². The largest absolute Gasteiger partial charge is 0.351 e. The van der Waals surface area contributed by atoms with Crippen molar-refractivity contribution in [3.63, 3.8) is 0 Å². The summed E-state index contributed by atoms with van der Waals surface area (Å²) in [5.41, 5.74) is 0. The van der Waals surface area contributed by atoms with Gasteiger partial charge in [0.15, 0.2) is 6.29 Å². The molecule has 4 heteroatoms. The van der Waals surface area contributed by atoms with Gasteiger partial charge < -0.3 is 14.8 Å². The molecular weight excluding hydrogens is 242 g/mol. The van der Waals surface area contributed by atoms with E-state index in [2.05, 4.69) is 32.7 Å². The Kier molecular flexibility index (Phi) is 11.6. The van der Waals surface area contributed by atoms with Crippen molar-refractivity contribution in [1.29, 1.82) is 0 Å². The van der Waals surface area contributed by atoms with Crippen LogP contribution in [0.15, 0.2) is 12.7 Å². The molecule has 0 aromatic heterocycles. The third-order valence-corrected chi connectivity index (χ3v) is 2.68. The van der Waals surface area contributed by atoms with E-state index in [0.717, 1.165) is 32.1 Å². The van der Waals surface area contributed by atoms with Gasteiger partial charge in [0.25, 0.3) is 0 Å². The molecule has 1 unspecified atom stereocenters. The highest BCUT2D eigenvalue weighted by Crippen LogP contribution is 2.11. The van der Waals surface area contributed by atoms with Crippen molar-refractivity contribution in [3.05, 3.63) is 12.7 Å². The normalized spacial score (nSPS) is 12.4. The highest BCUT2D eigenvalue weighted by Gasteiger charge is 2.23. The lowest BCUT2D eigenvalue weighted by molar-refractivity contribution is -0.163. The number of carbonyl (C=O) groups excluding carboxylic acids is 1. The Balaban J connectivity index is 4.55. The Morgan fingerprint density at radius 2 is 1.74 bits per heavy atom. The maximum Gasteiger partial charge on any atom is 0.243 e. The van der Waals surface area contributed by atoms with Crippen molar-refractivity contribution >= 4 is 5.91 Å². The number of hydrogen-bond acceptors (Lipinski definition) is 3. The predicted molar refractivity (Wildman–Crippen MR) is 77.9 cm³/mol. The molecule has 0 aliphatic rings. The molecule has 0 fully saturated rings. The van der Waals surface area contributed by atoms with Crippen LogP contribution in [0.5, 0.6) is 0 Å². The molecule has 0 bridgehead atoms. The summed E-state index contributed by atoms with van der Waals surface area (Å²) < 4.78 is 11.5. The van der Waals surface area contributed by atoms with E-state index in [-0.39, 0.29) is 18.2 Å². The Morgan fingerprint density at radius 3 is 2.16 bits per heavy atom. The highest BCUT2D eigenvalue weighted by atomic mass is 16.7. The van der Waals surface area contributed by atoms with Gasteiger partial charge in [-0.25, -0.2) is 0 Å². The van der Waals surface area contributed by atoms with Crippen LogP contribution in [0.3, 0.4) is 0 Å². The number of nitrogens with one attached hydrogen (secondary N) is 1. The molecule has 0 saturated heterocycles. The Bertz CT molecular complexity index is 236. The van der Waals surface area contributed by atoms with Gasteiger partial charge in [-0.1, -0.05) is 40.2 Å². The molecular formula is C15H29NO3. The first-order valence-electron chi connectivity index (χ1n) is 7.35. The molecule has 4 nitrogen and oxygen atoms in total. The van der Waals surface area contributed by atoms with Crippen LogP contribution in [0.25, 0.3) is 0 Å². The number of ether oxygens (including phenoxy) is 2. The maximum atomic E-state index is 11.5. The quantitative estimate of drug-likeness (QED) is 0.438. The molecule has 0 rings (SSSR count). The van der Waals surface area contributed by atoms with Gasteiger partial charge in [0.05, 0.1) is 6.04 Å². The SMILES string of the molecule is C=CC(=O)NC(CCCC)C(OCCC)OCCC. The van der Waals surface area contributed by atoms with E-state index in [4.69, 9.17) is 9.47 Å². The van der Waals surface area contributed by atoms with Gasteiger partial charge in [-0.05, 0) is 25.3 Å². The molecule has 0 saturated carbocycles. The van der Waals surface area contributed by atoms with Crippen LogP contribution in [0.2, 0.25) is 0 Å². The molecule has 0 heterocycles. The minimum absolute atomic E-state index is 0.108. The van der Waals surface area contributed by atoms with Gasteiger partial charge >= 0.3 is 0 Å². The molecule has 1 N–H and O–H groups in total. The van der Waals surface area contributed by atoms with E-state index in [1.54, 1.807) is 0 Å². The minimum Gasteiger partial charge on any atom is -0.351 e.